The monoisotopic (exact) mass is 598 g/mol. The van der Waals surface area contributed by atoms with Crippen LogP contribution in [0.5, 0.6) is 17.2 Å². The molecular formula is C27H23BrN2O5S2. The number of carbonyl (C=O) groups is 2. The van der Waals surface area contributed by atoms with Gasteiger partial charge < -0.3 is 14.2 Å². The third-order valence-corrected chi connectivity index (χ3v) is 7.11. The van der Waals surface area contributed by atoms with E-state index in [-0.39, 0.29) is 4.32 Å². The molecule has 2 amide bonds. The first kappa shape index (κ1) is 26.7. The van der Waals surface area contributed by atoms with Crippen molar-refractivity contribution in [3.63, 3.8) is 0 Å². The predicted octanol–water partition coefficient (Wildman–Crippen LogP) is 5.98. The highest BCUT2D eigenvalue weighted by atomic mass is 79.9. The average molecular weight is 600 g/mol. The van der Waals surface area contributed by atoms with E-state index in [1.54, 1.807) is 43.5 Å². The lowest BCUT2D eigenvalue weighted by Crippen LogP contribution is -2.44. The summed E-state index contributed by atoms with van der Waals surface area (Å²) >= 11 is 10.0. The average Bonchev–Trinajstić information content (AvgIpc) is 3.16. The van der Waals surface area contributed by atoms with E-state index in [1.165, 1.54) is 0 Å². The number of thioether (sulfide) groups is 1. The zero-order chi connectivity index (χ0) is 26.4. The van der Waals surface area contributed by atoms with Crippen molar-refractivity contribution in [1.82, 2.24) is 10.4 Å². The maximum atomic E-state index is 13.1. The molecule has 1 fully saturated rings. The van der Waals surface area contributed by atoms with E-state index in [2.05, 4.69) is 21.4 Å². The molecule has 1 saturated heterocycles. The zero-order valence-electron chi connectivity index (χ0n) is 20.0. The molecule has 0 aliphatic carbocycles. The zero-order valence-corrected chi connectivity index (χ0v) is 23.2. The Kier molecular flexibility index (Phi) is 8.86. The van der Waals surface area contributed by atoms with Gasteiger partial charge >= 0.3 is 0 Å². The molecule has 0 bridgehead atoms. The summed E-state index contributed by atoms with van der Waals surface area (Å²) in [5, 5.41) is 1.08. The molecule has 1 heterocycles. The Bertz CT molecular complexity index is 1350. The number of nitrogens with one attached hydrogen (secondary N) is 1. The number of halogens is 1. The number of ether oxygens (including phenoxy) is 3. The van der Waals surface area contributed by atoms with Crippen molar-refractivity contribution in [2.24, 2.45) is 0 Å². The van der Waals surface area contributed by atoms with Crippen molar-refractivity contribution < 1.29 is 23.8 Å². The van der Waals surface area contributed by atoms with Gasteiger partial charge in [-0.3, -0.25) is 15.0 Å². The second-order valence-corrected chi connectivity index (χ2v) is 10.3. The molecule has 0 radical (unpaired) electrons. The van der Waals surface area contributed by atoms with Crippen LogP contribution in [0.1, 0.15) is 28.4 Å². The number of carbonyl (C=O) groups excluding carboxylic acids is 2. The Morgan fingerprint density at radius 3 is 2.51 bits per heavy atom. The lowest BCUT2D eigenvalue weighted by atomic mass is 10.1. The summed E-state index contributed by atoms with van der Waals surface area (Å²) in [6.45, 7) is 2.71. The van der Waals surface area contributed by atoms with E-state index >= 15 is 0 Å². The summed E-state index contributed by atoms with van der Waals surface area (Å²) in [6, 6.07) is 20.0. The van der Waals surface area contributed by atoms with Gasteiger partial charge in [-0.2, -0.15) is 5.01 Å². The summed E-state index contributed by atoms with van der Waals surface area (Å²) in [5.41, 5.74) is 4.69. The molecule has 190 valence electrons. The Balaban J connectivity index is 1.51. The number of hydrogen-bond donors (Lipinski definition) is 1. The molecule has 1 N–H and O–H groups in total. The Morgan fingerprint density at radius 1 is 1.11 bits per heavy atom. The number of benzene rings is 3. The molecule has 3 aromatic rings. The van der Waals surface area contributed by atoms with Crippen molar-refractivity contribution in [2.75, 3.05) is 13.7 Å². The third-order valence-electron chi connectivity index (χ3n) is 5.21. The Labute approximate surface area is 232 Å². The maximum Gasteiger partial charge on any atom is 0.285 e. The number of thiocarbonyl (C=S) groups is 1. The number of hydrazine groups is 1. The summed E-state index contributed by atoms with van der Waals surface area (Å²) < 4.78 is 17.9. The minimum Gasteiger partial charge on any atom is -0.497 e. The first-order valence-electron chi connectivity index (χ1n) is 11.3. The molecule has 1 aliphatic rings. The van der Waals surface area contributed by atoms with Gasteiger partial charge in [-0.05, 0) is 88.7 Å². The van der Waals surface area contributed by atoms with Crippen LogP contribution in [-0.2, 0) is 11.4 Å². The molecular weight excluding hydrogens is 576 g/mol. The van der Waals surface area contributed by atoms with Gasteiger partial charge in [-0.1, -0.05) is 42.1 Å². The van der Waals surface area contributed by atoms with E-state index in [0.717, 1.165) is 22.3 Å². The fraction of sp³-hybridized carbons (Fsp3) is 0.148. The Morgan fingerprint density at radius 2 is 1.84 bits per heavy atom. The summed E-state index contributed by atoms with van der Waals surface area (Å²) in [6.07, 6.45) is 1.70. The second-order valence-electron chi connectivity index (χ2n) is 7.72. The number of nitrogens with zero attached hydrogens (tertiary/aromatic N) is 1. The van der Waals surface area contributed by atoms with Crippen LogP contribution < -0.4 is 19.6 Å². The van der Waals surface area contributed by atoms with Crippen LogP contribution in [-0.4, -0.2) is 34.9 Å². The SMILES string of the molecule is CCOc1cc(/C=C2/SC(=S)N(NC(=O)c3ccc(OC)cc3)C2=O)cc(Br)c1OCc1ccccc1. The first-order valence-corrected chi connectivity index (χ1v) is 13.3. The minimum atomic E-state index is -0.457. The molecule has 3 aromatic carbocycles. The van der Waals surface area contributed by atoms with E-state index < -0.39 is 11.8 Å². The highest BCUT2D eigenvalue weighted by Crippen LogP contribution is 2.39. The van der Waals surface area contributed by atoms with Gasteiger partial charge in [0.1, 0.15) is 12.4 Å². The van der Waals surface area contributed by atoms with Gasteiger partial charge in [0, 0.05) is 5.56 Å². The number of hydrogen-bond acceptors (Lipinski definition) is 7. The molecule has 1 aliphatic heterocycles. The lowest BCUT2D eigenvalue weighted by Gasteiger charge is -2.16. The highest BCUT2D eigenvalue weighted by molar-refractivity contribution is 9.10. The second kappa shape index (κ2) is 12.3. The van der Waals surface area contributed by atoms with Crippen LogP contribution in [0.4, 0.5) is 0 Å². The summed E-state index contributed by atoms with van der Waals surface area (Å²) in [4.78, 5) is 26.1. The lowest BCUT2D eigenvalue weighted by molar-refractivity contribution is -0.123. The maximum absolute atomic E-state index is 13.1. The molecule has 0 saturated carbocycles. The van der Waals surface area contributed by atoms with Gasteiger partial charge in [0.15, 0.2) is 15.8 Å². The van der Waals surface area contributed by atoms with Crippen molar-refractivity contribution in [3.05, 3.63) is 92.8 Å². The van der Waals surface area contributed by atoms with E-state index in [1.807, 2.05) is 43.3 Å². The predicted molar refractivity (Wildman–Crippen MR) is 152 cm³/mol. The van der Waals surface area contributed by atoms with E-state index in [0.29, 0.717) is 51.0 Å². The molecule has 0 spiro atoms. The fourth-order valence-corrected chi connectivity index (χ4v) is 5.18. The van der Waals surface area contributed by atoms with Crippen molar-refractivity contribution in [1.29, 1.82) is 0 Å². The standard InChI is InChI=1S/C27H23BrN2O5S2/c1-3-34-22-14-18(13-21(28)24(22)35-16-17-7-5-4-6-8-17)15-23-26(32)30(27(36)37-23)29-25(31)19-9-11-20(33-2)12-10-19/h4-15H,3,16H2,1-2H3,(H,29,31)/b23-15+. The van der Waals surface area contributed by atoms with E-state index in [4.69, 9.17) is 26.4 Å². The van der Waals surface area contributed by atoms with Gasteiger partial charge in [-0.25, -0.2) is 0 Å². The minimum absolute atomic E-state index is 0.227. The van der Waals surface area contributed by atoms with Crippen molar-refractivity contribution in [3.8, 4) is 17.2 Å². The van der Waals surface area contributed by atoms with Crippen LogP contribution in [0.3, 0.4) is 0 Å². The van der Waals surface area contributed by atoms with Gasteiger partial charge in [0.05, 0.1) is 23.1 Å². The fourth-order valence-electron chi connectivity index (χ4n) is 3.43. The smallest absolute Gasteiger partial charge is 0.285 e. The number of methoxy groups -OCH3 is 1. The van der Waals surface area contributed by atoms with Crippen LogP contribution >= 0.6 is 39.9 Å². The van der Waals surface area contributed by atoms with Crippen LogP contribution in [0, 0.1) is 0 Å². The molecule has 7 nitrogen and oxygen atoms in total. The van der Waals surface area contributed by atoms with Crippen LogP contribution in [0.2, 0.25) is 0 Å². The molecule has 4 rings (SSSR count). The van der Waals surface area contributed by atoms with Crippen molar-refractivity contribution in [2.45, 2.75) is 13.5 Å². The molecule has 10 heteroatoms. The molecule has 37 heavy (non-hydrogen) atoms. The van der Waals surface area contributed by atoms with Gasteiger partial charge in [0.25, 0.3) is 11.8 Å². The topological polar surface area (TPSA) is 77.1 Å². The van der Waals surface area contributed by atoms with E-state index in [9.17, 15) is 9.59 Å². The third kappa shape index (κ3) is 6.51. The van der Waals surface area contributed by atoms with Crippen molar-refractivity contribution >= 4 is 62.1 Å². The quantitative estimate of drug-likeness (QED) is 0.240. The van der Waals surface area contributed by atoms with Crippen LogP contribution in [0.15, 0.2) is 76.1 Å². The highest BCUT2D eigenvalue weighted by Gasteiger charge is 2.34. The van der Waals surface area contributed by atoms with Gasteiger partial charge in [0.2, 0.25) is 0 Å². The normalized spacial score (nSPS) is 14.1. The number of amides is 2. The van der Waals surface area contributed by atoms with Gasteiger partial charge in [-0.15, -0.1) is 0 Å². The van der Waals surface area contributed by atoms with Crippen LogP contribution in [0.25, 0.3) is 6.08 Å². The molecule has 0 atom stereocenters. The summed E-state index contributed by atoms with van der Waals surface area (Å²) in [7, 11) is 1.54. The molecule has 0 unspecified atom stereocenters. The largest absolute Gasteiger partial charge is 0.497 e. The first-order chi connectivity index (χ1) is 17.9. The summed E-state index contributed by atoms with van der Waals surface area (Å²) in [5.74, 6) is 0.862. The number of rotatable bonds is 9. The Hall–Kier alpha value is -3.34. The molecule has 0 aromatic heterocycles.